The van der Waals surface area contributed by atoms with E-state index in [1.807, 2.05) is 13.0 Å². The van der Waals surface area contributed by atoms with E-state index < -0.39 is 5.97 Å². The van der Waals surface area contributed by atoms with Crippen molar-refractivity contribution in [3.8, 4) is 11.6 Å². The Hall–Kier alpha value is -3.40. The van der Waals surface area contributed by atoms with Gasteiger partial charge in [0, 0.05) is 18.5 Å². The lowest BCUT2D eigenvalue weighted by Crippen LogP contribution is -2.31. The molecule has 2 aromatic heterocycles. The first-order valence-corrected chi connectivity index (χ1v) is 12.3. The second-order valence-electron chi connectivity index (χ2n) is 10.3. The van der Waals surface area contributed by atoms with Gasteiger partial charge in [0.25, 0.3) is 0 Å². The minimum atomic E-state index is -0.758. The minimum absolute atomic E-state index is 0.0943. The molecule has 1 fully saturated rings. The number of aliphatic carboxylic acids is 1. The Morgan fingerprint density at radius 2 is 1.94 bits per heavy atom. The number of likely N-dealkylation sites (N-methyl/N-ethyl adjacent to an activating group) is 1. The number of carboxylic acids is 1. The minimum Gasteiger partial charge on any atom is -0.489 e. The van der Waals surface area contributed by atoms with E-state index in [1.54, 1.807) is 19.2 Å². The molecule has 0 bridgehead atoms. The Kier molecular flexibility index (Phi) is 8.73. The van der Waals surface area contributed by atoms with E-state index in [9.17, 15) is 9.90 Å². The van der Waals surface area contributed by atoms with Gasteiger partial charge in [-0.2, -0.15) is 0 Å². The fraction of sp³-hybridized carbons (Fsp3) is 0.538. The summed E-state index contributed by atoms with van der Waals surface area (Å²) in [6.07, 6.45) is 5.19. The predicted octanol–water partition coefficient (Wildman–Crippen LogP) is 3.40. The van der Waals surface area contributed by atoms with Gasteiger partial charge in [-0.05, 0) is 44.7 Å². The maximum atomic E-state index is 11.5. The van der Waals surface area contributed by atoms with Gasteiger partial charge in [-0.3, -0.25) is 4.79 Å². The number of rotatable bonds is 8. The smallest absolute Gasteiger partial charge is 0.306 e. The molecule has 5 N–H and O–H groups in total. The second-order valence-corrected chi connectivity index (χ2v) is 10.3. The molecular formula is C26H38N6O4. The van der Waals surface area contributed by atoms with E-state index in [1.165, 1.54) is 11.3 Å². The van der Waals surface area contributed by atoms with Crippen LogP contribution in [0.5, 0.6) is 11.6 Å². The van der Waals surface area contributed by atoms with Crippen LogP contribution in [0.3, 0.4) is 0 Å². The van der Waals surface area contributed by atoms with Gasteiger partial charge < -0.3 is 25.3 Å². The van der Waals surface area contributed by atoms with Crippen molar-refractivity contribution in [2.75, 3.05) is 13.7 Å². The molecule has 2 unspecified atom stereocenters. The Morgan fingerprint density at radius 3 is 2.58 bits per heavy atom. The van der Waals surface area contributed by atoms with Gasteiger partial charge in [0.1, 0.15) is 18.7 Å². The average molecular weight is 499 g/mol. The van der Waals surface area contributed by atoms with E-state index in [4.69, 9.17) is 21.1 Å². The third kappa shape index (κ3) is 7.07. The molecule has 1 saturated carbocycles. The number of hydrogen-bond donors (Lipinski definition) is 3. The van der Waals surface area contributed by atoms with Crippen molar-refractivity contribution in [1.82, 2.24) is 20.0 Å². The normalized spacial score (nSPS) is 19.2. The lowest BCUT2D eigenvalue weighted by Gasteiger charge is -2.22. The third-order valence-electron chi connectivity index (χ3n) is 6.34. The molecule has 1 aliphatic rings. The number of aromatic nitrogens is 3. The standard InChI is InChI=1S/C26H38N6O4/c1-16-21(36-18-9-7-6-8-17(12-18)25(33)34)11-10-19(31-16)24(27)20(32(5)28)14-35-23-13-22(26(2,3)4)29-15-30-23/h10-11,13,15,17-18H,6-9,12,14,27-28H2,1-5H3,(H,33,34)/b24-20-. The predicted molar refractivity (Wildman–Crippen MR) is 137 cm³/mol. The first-order chi connectivity index (χ1) is 17.0. The number of hydrazine groups is 1. The van der Waals surface area contributed by atoms with Gasteiger partial charge in [-0.1, -0.05) is 27.2 Å². The molecule has 0 aromatic carbocycles. The van der Waals surface area contributed by atoms with E-state index in [-0.39, 0.29) is 24.0 Å². The fourth-order valence-electron chi connectivity index (χ4n) is 4.14. The number of carbonyl (C=O) groups is 1. The molecule has 0 aliphatic heterocycles. The van der Waals surface area contributed by atoms with Gasteiger partial charge in [0.15, 0.2) is 0 Å². The van der Waals surface area contributed by atoms with Gasteiger partial charge >= 0.3 is 5.97 Å². The van der Waals surface area contributed by atoms with Crippen molar-refractivity contribution in [1.29, 1.82) is 0 Å². The highest BCUT2D eigenvalue weighted by atomic mass is 16.5. The summed E-state index contributed by atoms with van der Waals surface area (Å²) in [5.74, 6) is 5.98. The van der Waals surface area contributed by atoms with Crippen LogP contribution in [-0.2, 0) is 10.2 Å². The molecular weight excluding hydrogens is 460 g/mol. The van der Waals surface area contributed by atoms with Crippen molar-refractivity contribution in [3.63, 3.8) is 0 Å². The van der Waals surface area contributed by atoms with Crippen LogP contribution in [0.25, 0.3) is 5.70 Å². The van der Waals surface area contributed by atoms with Crippen LogP contribution >= 0.6 is 0 Å². The number of nitrogens with zero attached hydrogens (tertiary/aromatic N) is 4. The zero-order valence-corrected chi connectivity index (χ0v) is 21.8. The maximum absolute atomic E-state index is 11.5. The van der Waals surface area contributed by atoms with Crippen LogP contribution in [0, 0.1) is 12.8 Å². The zero-order chi connectivity index (χ0) is 26.5. The van der Waals surface area contributed by atoms with Gasteiger partial charge in [-0.15, -0.1) is 0 Å². The first kappa shape index (κ1) is 27.2. The Labute approximate surface area is 212 Å². The van der Waals surface area contributed by atoms with E-state index >= 15 is 0 Å². The van der Waals surface area contributed by atoms with E-state index in [0.29, 0.717) is 47.3 Å². The van der Waals surface area contributed by atoms with Crippen LogP contribution in [0.4, 0.5) is 0 Å². The Bertz CT molecular complexity index is 1100. The summed E-state index contributed by atoms with van der Waals surface area (Å²) in [5, 5.41) is 10.8. The molecule has 0 spiro atoms. The Balaban J connectivity index is 1.76. The fourth-order valence-corrected chi connectivity index (χ4v) is 4.14. The number of carboxylic acid groups (broad SMARTS) is 1. The molecule has 0 saturated heterocycles. The summed E-state index contributed by atoms with van der Waals surface area (Å²) in [4.78, 5) is 24.6. The zero-order valence-electron chi connectivity index (χ0n) is 21.8. The first-order valence-electron chi connectivity index (χ1n) is 12.3. The summed E-state index contributed by atoms with van der Waals surface area (Å²) < 4.78 is 12.1. The summed E-state index contributed by atoms with van der Waals surface area (Å²) >= 11 is 0. The molecule has 1 aliphatic carbocycles. The second kappa shape index (κ2) is 11.6. The van der Waals surface area contributed by atoms with Crippen molar-refractivity contribution in [3.05, 3.63) is 47.3 Å². The highest BCUT2D eigenvalue weighted by Crippen LogP contribution is 2.29. The monoisotopic (exact) mass is 498 g/mol. The number of ether oxygens (including phenoxy) is 2. The van der Waals surface area contributed by atoms with Crippen molar-refractivity contribution in [2.45, 2.75) is 71.3 Å². The molecule has 2 heterocycles. The summed E-state index contributed by atoms with van der Waals surface area (Å²) in [6, 6.07) is 5.40. The topological polar surface area (TPSA) is 150 Å². The van der Waals surface area contributed by atoms with Crippen LogP contribution in [0.15, 0.2) is 30.2 Å². The van der Waals surface area contributed by atoms with Crippen molar-refractivity contribution < 1.29 is 19.4 Å². The molecule has 0 radical (unpaired) electrons. The maximum Gasteiger partial charge on any atom is 0.306 e. The third-order valence-corrected chi connectivity index (χ3v) is 6.34. The highest BCUT2D eigenvalue weighted by Gasteiger charge is 2.27. The number of pyridine rings is 1. The number of hydrogen-bond acceptors (Lipinski definition) is 9. The van der Waals surface area contributed by atoms with Crippen LogP contribution in [0.1, 0.15) is 70.0 Å². The van der Waals surface area contributed by atoms with Crippen LogP contribution in [0.2, 0.25) is 0 Å². The lowest BCUT2D eigenvalue weighted by molar-refractivity contribution is -0.142. The SMILES string of the molecule is Cc1nc(/C(N)=C(\COc2cc(C(C)(C)C)ncn2)N(C)N)ccc1OC1CCCCC(C(=O)O)C1. The van der Waals surface area contributed by atoms with Gasteiger partial charge in [-0.25, -0.2) is 20.8 Å². The largest absolute Gasteiger partial charge is 0.489 e. The molecule has 3 rings (SSSR count). The van der Waals surface area contributed by atoms with Gasteiger partial charge in [0.2, 0.25) is 5.88 Å². The molecule has 2 atom stereocenters. The summed E-state index contributed by atoms with van der Waals surface area (Å²) in [6.45, 7) is 8.14. The Morgan fingerprint density at radius 1 is 1.22 bits per heavy atom. The quantitative estimate of drug-likeness (QED) is 0.281. The molecule has 10 nitrogen and oxygen atoms in total. The van der Waals surface area contributed by atoms with Crippen molar-refractivity contribution >= 4 is 11.7 Å². The molecule has 196 valence electrons. The van der Waals surface area contributed by atoms with Crippen molar-refractivity contribution in [2.24, 2.45) is 17.5 Å². The molecule has 0 amide bonds. The van der Waals surface area contributed by atoms with Gasteiger partial charge in [0.05, 0.1) is 40.5 Å². The van der Waals surface area contributed by atoms with E-state index in [2.05, 4.69) is 35.7 Å². The molecule has 36 heavy (non-hydrogen) atoms. The number of nitrogens with two attached hydrogens (primary N) is 2. The number of aryl methyl sites for hydroxylation is 1. The molecule has 10 heteroatoms. The molecule has 2 aromatic rings. The van der Waals surface area contributed by atoms with E-state index in [0.717, 1.165) is 25.0 Å². The highest BCUT2D eigenvalue weighted by molar-refractivity contribution is 5.70. The average Bonchev–Trinajstić information content (AvgIpc) is 3.05. The van der Waals surface area contributed by atoms with Crippen LogP contribution in [-0.4, -0.2) is 50.8 Å². The lowest BCUT2D eigenvalue weighted by atomic mass is 9.92. The summed E-state index contributed by atoms with van der Waals surface area (Å²) in [5.41, 5.74) is 9.30. The van der Waals surface area contributed by atoms with Crippen LogP contribution < -0.4 is 21.1 Å². The summed E-state index contributed by atoms with van der Waals surface area (Å²) in [7, 11) is 1.68.